The van der Waals surface area contributed by atoms with Crippen LogP contribution in [0, 0.1) is 17.8 Å². The fourth-order valence-corrected chi connectivity index (χ4v) is 7.20. The van der Waals surface area contributed by atoms with E-state index in [-0.39, 0.29) is 31.1 Å². The molecule has 0 aliphatic rings. The maximum absolute atomic E-state index is 12.7. The first kappa shape index (κ1) is 53.4. The molecule has 326 valence electrons. The lowest BCUT2D eigenvalue weighted by atomic mass is 9.99. The predicted octanol–water partition coefficient (Wildman–Crippen LogP) is 15.2. The van der Waals surface area contributed by atoms with Gasteiger partial charge in [0.1, 0.15) is 13.2 Å². The van der Waals surface area contributed by atoms with Crippen LogP contribution in [0.4, 0.5) is 0 Å². The molecule has 0 saturated heterocycles. The Morgan fingerprint density at radius 1 is 0.364 bits per heavy atom. The fraction of sp³-hybridized carbons (Fsp3) is 0.939. The maximum atomic E-state index is 12.7. The van der Waals surface area contributed by atoms with Crippen LogP contribution < -0.4 is 0 Å². The summed E-state index contributed by atoms with van der Waals surface area (Å²) in [6.07, 6.45) is 38.0. The van der Waals surface area contributed by atoms with Gasteiger partial charge in [0.05, 0.1) is 0 Å². The molecule has 0 spiro atoms. The van der Waals surface area contributed by atoms with Crippen molar-refractivity contribution in [3.8, 4) is 0 Å². The Bertz CT molecular complexity index is 854. The molecule has 0 bridgehead atoms. The number of carbonyl (C=O) groups excluding carboxylic acids is 3. The zero-order valence-corrected chi connectivity index (χ0v) is 37.7. The molecule has 0 amide bonds. The summed E-state index contributed by atoms with van der Waals surface area (Å²) >= 11 is 0. The van der Waals surface area contributed by atoms with Gasteiger partial charge in [-0.2, -0.15) is 0 Å². The second-order valence-corrected chi connectivity index (χ2v) is 17.9. The van der Waals surface area contributed by atoms with E-state index in [0.717, 1.165) is 75.5 Å². The van der Waals surface area contributed by atoms with Crippen LogP contribution in [0.3, 0.4) is 0 Å². The summed E-state index contributed by atoms with van der Waals surface area (Å²) in [6.45, 7) is 13.7. The van der Waals surface area contributed by atoms with E-state index in [1.807, 2.05) is 0 Å². The smallest absolute Gasteiger partial charge is 0.306 e. The van der Waals surface area contributed by atoms with Crippen molar-refractivity contribution in [1.82, 2.24) is 0 Å². The molecule has 0 heterocycles. The Labute approximate surface area is 342 Å². The average molecular weight is 779 g/mol. The van der Waals surface area contributed by atoms with E-state index in [4.69, 9.17) is 14.2 Å². The summed E-state index contributed by atoms with van der Waals surface area (Å²) in [5.74, 6) is 1.61. The highest BCUT2D eigenvalue weighted by atomic mass is 16.6. The lowest BCUT2D eigenvalue weighted by Crippen LogP contribution is -2.30. The van der Waals surface area contributed by atoms with E-state index in [9.17, 15) is 14.4 Å². The first-order valence-corrected chi connectivity index (χ1v) is 24.1. The molecule has 0 aliphatic carbocycles. The van der Waals surface area contributed by atoms with E-state index in [0.29, 0.717) is 19.3 Å². The van der Waals surface area contributed by atoms with E-state index in [1.54, 1.807) is 0 Å². The largest absolute Gasteiger partial charge is 0.462 e. The van der Waals surface area contributed by atoms with Gasteiger partial charge in [-0.3, -0.25) is 14.4 Å². The molecule has 0 aliphatic heterocycles. The van der Waals surface area contributed by atoms with Crippen molar-refractivity contribution in [1.29, 1.82) is 0 Å². The van der Waals surface area contributed by atoms with Crippen molar-refractivity contribution in [2.24, 2.45) is 17.8 Å². The number of hydrogen-bond donors (Lipinski definition) is 0. The van der Waals surface area contributed by atoms with E-state index < -0.39 is 6.10 Å². The summed E-state index contributed by atoms with van der Waals surface area (Å²) in [4.78, 5) is 37.8. The first-order valence-electron chi connectivity index (χ1n) is 24.1. The van der Waals surface area contributed by atoms with Gasteiger partial charge in [0, 0.05) is 19.3 Å². The standard InChI is InChI=1S/C49H94O6/c1-7-45(6)37-31-25-19-15-16-21-27-33-39-48(51)54-42-46(55-49(52)40-34-28-22-14-10-12-18-24-30-36-44(4)5)41-53-47(50)38-32-26-20-13-9-8-11-17-23-29-35-43(2)3/h43-46H,7-42H2,1-6H3/t45?,46-/m1/s1. The first-order chi connectivity index (χ1) is 26.6. The third-order valence-electron chi connectivity index (χ3n) is 11.3. The number of esters is 3. The van der Waals surface area contributed by atoms with Gasteiger partial charge in [-0.05, 0) is 37.0 Å². The maximum Gasteiger partial charge on any atom is 0.306 e. The van der Waals surface area contributed by atoms with Gasteiger partial charge >= 0.3 is 17.9 Å². The molecule has 0 N–H and O–H groups in total. The normalized spacial score (nSPS) is 12.7. The molecule has 6 nitrogen and oxygen atoms in total. The number of carbonyl (C=O) groups is 3. The molecule has 0 fully saturated rings. The van der Waals surface area contributed by atoms with E-state index >= 15 is 0 Å². The predicted molar refractivity (Wildman–Crippen MR) is 233 cm³/mol. The third kappa shape index (κ3) is 41.9. The minimum Gasteiger partial charge on any atom is -0.462 e. The SMILES string of the molecule is CCC(C)CCCCCCCCCCC(=O)OC[C@@H](COC(=O)CCCCCCCCCCCCC(C)C)OC(=O)CCCCCCCCCCCC(C)C. The van der Waals surface area contributed by atoms with Crippen molar-refractivity contribution in [2.45, 2.75) is 266 Å². The molecular formula is C49H94O6. The van der Waals surface area contributed by atoms with Crippen LogP contribution in [0.25, 0.3) is 0 Å². The van der Waals surface area contributed by atoms with Crippen LogP contribution in [-0.2, 0) is 28.6 Å². The Hall–Kier alpha value is -1.59. The molecule has 6 heteroatoms. The van der Waals surface area contributed by atoms with Crippen LogP contribution >= 0.6 is 0 Å². The molecule has 1 unspecified atom stereocenters. The van der Waals surface area contributed by atoms with Gasteiger partial charge in [-0.1, -0.05) is 221 Å². The summed E-state index contributed by atoms with van der Waals surface area (Å²) in [6, 6.07) is 0. The summed E-state index contributed by atoms with van der Waals surface area (Å²) in [7, 11) is 0. The third-order valence-corrected chi connectivity index (χ3v) is 11.3. The van der Waals surface area contributed by atoms with Gasteiger partial charge in [0.15, 0.2) is 6.10 Å². The number of hydrogen-bond acceptors (Lipinski definition) is 6. The summed E-state index contributed by atoms with van der Waals surface area (Å²) in [5, 5.41) is 0. The number of rotatable bonds is 42. The van der Waals surface area contributed by atoms with E-state index in [1.165, 1.54) is 141 Å². The molecule has 2 atom stereocenters. The van der Waals surface area contributed by atoms with Crippen molar-refractivity contribution >= 4 is 17.9 Å². The molecule has 0 aromatic carbocycles. The Morgan fingerprint density at radius 2 is 0.636 bits per heavy atom. The molecular weight excluding hydrogens is 685 g/mol. The minimum absolute atomic E-state index is 0.0659. The van der Waals surface area contributed by atoms with Crippen molar-refractivity contribution in [3.63, 3.8) is 0 Å². The van der Waals surface area contributed by atoms with Crippen LogP contribution in [0.15, 0.2) is 0 Å². The van der Waals surface area contributed by atoms with Crippen molar-refractivity contribution in [2.75, 3.05) is 13.2 Å². The topological polar surface area (TPSA) is 78.9 Å². The van der Waals surface area contributed by atoms with Crippen LogP contribution in [0.5, 0.6) is 0 Å². The summed E-state index contributed by atoms with van der Waals surface area (Å²) in [5.41, 5.74) is 0. The highest BCUT2D eigenvalue weighted by Crippen LogP contribution is 2.17. The highest BCUT2D eigenvalue weighted by Gasteiger charge is 2.19. The monoisotopic (exact) mass is 779 g/mol. The molecule has 0 aromatic rings. The van der Waals surface area contributed by atoms with Gasteiger partial charge in [-0.25, -0.2) is 0 Å². The Morgan fingerprint density at radius 3 is 0.945 bits per heavy atom. The van der Waals surface area contributed by atoms with Gasteiger partial charge in [-0.15, -0.1) is 0 Å². The van der Waals surface area contributed by atoms with Crippen molar-refractivity contribution < 1.29 is 28.6 Å². The fourth-order valence-electron chi connectivity index (χ4n) is 7.20. The van der Waals surface area contributed by atoms with Gasteiger partial charge in [0.25, 0.3) is 0 Å². The van der Waals surface area contributed by atoms with Crippen molar-refractivity contribution in [3.05, 3.63) is 0 Å². The van der Waals surface area contributed by atoms with Gasteiger partial charge in [0.2, 0.25) is 0 Å². The van der Waals surface area contributed by atoms with E-state index in [2.05, 4.69) is 41.5 Å². The minimum atomic E-state index is -0.762. The molecule has 0 rings (SSSR count). The molecule has 0 saturated carbocycles. The molecule has 0 radical (unpaired) electrons. The summed E-state index contributed by atoms with van der Waals surface area (Å²) < 4.78 is 16.8. The quantitative estimate of drug-likeness (QED) is 0.0349. The zero-order valence-electron chi connectivity index (χ0n) is 37.7. The average Bonchev–Trinajstić information content (AvgIpc) is 3.15. The van der Waals surface area contributed by atoms with Gasteiger partial charge < -0.3 is 14.2 Å². The highest BCUT2D eigenvalue weighted by molar-refractivity contribution is 5.71. The number of ether oxygens (including phenoxy) is 3. The second kappa shape index (κ2) is 40.6. The lowest BCUT2D eigenvalue weighted by molar-refractivity contribution is -0.167. The number of unbranched alkanes of at least 4 members (excludes halogenated alkanes) is 24. The Balaban J connectivity index is 4.35. The lowest BCUT2D eigenvalue weighted by Gasteiger charge is -2.18. The zero-order chi connectivity index (χ0) is 40.6. The van der Waals surface area contributed by atoms with Crippen LogP contribution in [-0.4, -0.2) is 37.2 Å². The molecule has 0 aromatic heterocycles. The Kier molecular flexibility index (Phi) is 39.4. The van der Waals surface area contributed by atoms with Crippen LogP contribution in [0.2, 0.25) is 0 Å². The second-order valence-electron chi connectivity index (χ2n) is 17.9. The van der Waals surface area contributed by atoms with Crippen LogP contribution in [0.1, 0.15) is 260 Å². The molecule has 55 heavy (non-hydrogen) atoms.